The lowest BCUT2D eigenvalue weighted by Gasteiger charge is -2.04. The number of carbonyl (C=O) groups is 1. The summed E-state index contributed by atoms with van der Waals surface area (Å²) in [5.41, 5.74) is 8.99. The number of aryl methyl sites for hydroxylation is 1. The molecule has 0 bridgehead atoms. The summed E-state index contributed by atoms with van der Waals surface area (Å²) < 4.78 is 0. The molecule has 1 heterocycles. The lowest BCUT2D eigenvalue weighted by atomic mass is 10.0. The minimum atomic E-state index is 0.0599. The predicted octanol–water partition coefficient (Wildman–Crippen LogP) is 2.40. The van der Waals surface area contributed by atoms with Crippen molar-refractivity contribution >= 4 is 11.5 Å². The van der Waals surface area contributed by atoms with Gasteiger partial charge in [-0.1, -0.05) is 18.2 Å². The van der Waals surface area contributed by atoms with Gasteiger partial charge in [0.25, 0.3) is 0 Å². The minimum Gasteiger partial charge on any atom is -0.398 e. The second-order valence-electron chi connectivity index (χ2n) is 4.03. The molecule has 2 aromatic rings. The molecule has 1 aromatic carbocycles. The molecule has 3 nitrogen and oxygen atoms in total. The van der Waals surface area contributed by atoms with E-state index in [-0.39, 0.29) is 5.78 Å². The van der Waals surface area contributed by atoms with Crippen LogP contribution in [-0.4, -0.2) is 10.8 Å². The Morgan fingerprint density at radius 3 is 2.82 bits per heavy atom. The number of nitrogen functional groups attached to an aromatic ring is 1. The first kappa shape index (κ1) is 11.3. The van der Waals surface area contributed by atoms with Gasteiger partial charge in [-0.05, 0) is 30.2 Å². The molecule has 0 radical (unpaired) electrons. The number of anilines is 1. The topological polar surface area (TPSA) is 56.0 Å². The van der Waals surface area contributed by atoms with Gasteiger partial charge in [-0.25, -0.2) is 0 Å². The summed E-state index contributed by atoms with van der Waals surface area (Å²) in [5.74, 6) is 0.0599. The van der Waals surface area contributed by atoms with Crippen molar-refractivity contribution < 1.29 is 4.79 Å². The number of hydrogen-bond acceptors (Lipinski definition) is 3. The van der Waals surface area contributed by atoms with Crippen LogP contribution in [0.5, 0.6) is 0 Å². The normalized spacial score (nSPS) is 10.2. The highest BCUT2D eigenvalue weighted by atomic mass is 16.1. The largest absolute Gasteiger partial charge is 0.398 e. The van der Waals surface area contributed by atoms with Crippen molar-refractivity contribution in [3.63, 3.8) is 0 Å². The molecule has 0 amide bonds. The molecular weight excluding hydrogens is 212 g/mol. The molecule has 2 rings (SSSR count). The third-order valence-electron chi connectivity index (χ3n) is 2.69. The summed E-state index contributed by atoms with van der Waals surface area (Å²) >= 11 is 0. The summed E-state index contributed by atoms with van der Waals surface area (Å²) in [6.07, 6.45) is 3.75. The number of Topliss-reactive ketones (excluding diaryl/α,β-unsaturated/α-hetero) is 1. The summed E-state index contributed by atoms with van der Waals surface area (Å²) in [6, 6.07) is 9.12. The number of aromatic nitrogens is 1. The van der Waals surface area contributed by atoms with Gasteiger partial charge in [0.15, 0.2) is 5.78 Å². The molecule has 0 atom stereocenters. The molecule has 0 saturated carbocycles. The van der Waals surface area contributed by atoms with Crippen LogP contribution >= 0.6 is 0 Å². The van der Waals surface area contributed by atoms with Crippen molar-refractivity contribution in [2.75, 3.05) is 5.73 Å². The molecule has 0 unspecified atom stereocenters. The Hall–Kier alpha value is -2.16. The number of benzene rings is 1. The molecule has 1 aromatic heterocycles. The Balaban J connectivity index is 2.18. The average Bonchev–Trinajstić information content (AvgIpc) is 2.34. The van der Waals surface area contributed by atoms with E-state index in [0.717, 1.165) is 11.1 Å². The number of hydrogen-bond donors (Lipinski definition) is 1. The van der Waals surface area contributed by atoms with Crippen LogP contribution in [0.2, 0.25) is 0 Å². The molecule has 2 N–H and O–H groups in total. The summed E-state index contributed by atoms with van der Waals surface area (Å²) in [4.78, 5) is 16.0. The molecule has 86 valence electrons. The highest BCUT2D eigenvalue weighted by molar-refractivity contribution is 5.98. The Kier molecular flexibility index (Phi) is 3.19. The fourth-order valence-corrected chi connectivity index (χ4v) is 1.60. The van der Waals surface area contributed by atoms with E-state index in [2.05, 4.69) is 4.98 Å². The maximum Gasteiger partial charge on any atom is 0.167 e. The van der Waals surface area contributed by atoms with E-state index >= 15 is 0 Å². The van der Waals surface area contributed by atoms with E-state index < -0.39 is 0 Å². The van der Waals surface area contributed by atoms with E-state index in [1.807, 2.05) is 31.2 Å². The molecule has 0 aliphatic heterocycles. The number of carbonyl (C=O) groups excluding carboxylic acids is 1. The smallest absolute Gasteiger partial charge is 0.167 e. The van der Waals surface area contributed by atoms with Crippen LogP contribution in [0.15, 0.2) is 42.7 Å². The zero-order valence-corrected chi connectivity index (χ0v) is 9.68. The van der Waals surface area contributed by atoms with Gasteiger partial charge < -0.3 is 5.73 Å². The summed E-state index contributed by atoms with van der Waals surface area (Å²) in [6.45, 7) is 1.92. The van der Waals surface area contributed by atoms with Crippen molar-refractivity contribution in [1.82, 2.24) is 4.98 Å². The van der Waals surface area contributed by atoms with Crippen LogP contribution in [-0.2, 0) is 6.42 Å². The number of nitrogens with two attached hydrogens (primary N) is 1. The Bertz CT molecular complexity index is 535. The van der Waals surface area contributed by atoms with Gasteiger partial charge in [0.05, 0.1) is 0 Å². The third kappa shape index (κ3) is 2.69. The van der Waals surface area contributed by atoms with Gasteiger partial charge in [-0.15, -0.1) is 0 Å². The van der Waals surface area contributed by atoms with Crippen molar-refractivity contribution in [2.24, 2.45) is 0 Å². The minimum absolute atomic E-state index is 0.0599. The third-order valence-corrected chi connectivity index (χ3v) is 2.69. The number of pyridine rings is 1. The molecule has 0 spiro atoms. The van der Waals surface area contributed by atoms with E-state index in [0.29, 0.717) is 17.7 Å². The first-order chi connectivity index (χ1) is 8.16. The van der Waals surface area contributed by atoms with Crippen LogP contribution < -0.4 is 5.73 Å². The average molecular weight is 226 g/mol. The van der Waals surface area contributed by atoms with Gasteiger partial charge in [0, 0.05) is 30.1 Å². The summed E-state index contributed by atoms with van der Waals surface area (Å²) in [5, 5.41) is 0. The lowest BCUT2D eigenvalue weighted by Crippen LogP contribution is -2.05. The zero-order valence-electron chi connectivity index (χ0n) is 9.68. The quantitative estimate of drug-likeness (QED) is 0.645. The highest BCUT2D eigenvalue weighted by Crippen LogP contribution is 2.14. The van der Waals surface area contributed by atoms with Crippen LogP contribution in [0.25, 0.3) is 0 Å². The molecule has 0 fully saturated rings. The lowest BCUT2D eigenvalue weighted by molar-refractivity contribution is 0.0993. The summed E-state index contributed by atoms with van der Waals surface area (Å²) in [7, 11) is 0. The first-order valence-corrected chi connectivity index (χ1v) is 5.45. The fourth-order valence-electron chi connectivity index (χ4n) is 1.60. The molecule has 0 aliphatic carbocycles. The van der Waals surface area contributed by atoms with Crippen LogP contribution in [0, 0.1) is 6.92 Å². The number of ketones is 1. The second-order valence-corrected chi connectivity index (χ2v) is 4.03. The van der Waals surface area contributed by atoms with Crippen molar-refractivity contribution in [3.05, 3.63) is 59.4 Å². The number of rotatable bonds is 3. The van der Waals surface area contributed by atoms with Crippen LogP contribution in [0.1, 0.15) is 21.5 Å². The second kappa shape index (κ2) is 4.78. The van der Waals surface area contributed by atoms with Crippen molar-refractivity contribution in [1.29, 1.82) is 0 Å². The molecule has 17 heavy (non-hydrogen) atoms. The SMILES string of the molecule is Cc1ccc(C(=O)Cc2cccnc2)cc1N. The molecule has 0 aliphatic rings. The van der Waals surface area contributed by atoms with Crippen molar-refractivity contribution in [2.45, 2.75) is 13.3 Å². The van der Waals surface area contributed by atoms with E-state index in [1.54, 1.807) is 18.5 Å². The maximum absolute atomic E-state index is 12.0. The Morgan fingerprint density at radius 2 is 2.18 bits per heavy atom. The maximum atomic E-state index is 12.0. The van der Waals surface area contributed by atoms with E-state index in [9.17, 15) is 4.79 Å². The Labute approximate surface area is 100 Å². The van der Waals surface area contributed by atoms with Gasteiger partial charge in [-0.3, -0.25) is 9.78 Å². The predicted molar refractivity (Wildman–Crippen MR) is 67.9 cm³/mol. The number of nitrogens with zero attached hydrogens (tertiary/aromatic N) is 1. The zero-order chi connectivity index (χ0) is 12.3. The van der Waals surface area contributed by atoms with Gasteiger partial charge in [0.1, 0.15) is 0 Å². The monoisotopic (exact) mass is 226 g/mol. The van der Waals surface area contributed by atoms with Crippen LogP contribution in [0.4, 0.5) is 5.69 Å². The van der Waals surface area contributed by atoms with Gasteiger partial charge in [-0.2, -0.15) is 0 Å². The van der Waals surface area contributed by atoms with E-state index in [4.69, 9.17) is 5.73 Å². The van der Waals surface area contributed by atoms with Crippen LogP contribution in [0.3, 0.4) is 0 Å². The fraction of sp³-hybridized carbons (Fsp3) is 0.143. The Morgan fingerprint density at radius 1 is 1.35 bits per heavy atom. The first-order valence-electron chi connectivity index (χ1n) is 5.45. The highest BCUT2D eigenvalue weighted by Gasteiger charge is 2.08. The van der Waals surface area contributed by atoms with E-state index in [1.165, 1.54) is 0 Å². The van der Waals surface area contributed by atoms with Gasteiger partial charge in [0.2, 0.25) is 0 Å². The standard InChI is InChI=1S/C14H14N2O/c1-10-4-5-12(8-13(10)15)14(17)7-11-3-2-6-16-9-11/h2-6,8-9H,7,15H2,1H3. The van der Waals surface area contributed by atoms with Crippen molar-refractivity contribution in [3.8, 4) is 0 Å². The molecule has 3 heteroatoms. The molecular formula is C14H14N2O. The molecule has 0 saturated heterocycles. The van der Waals surface area contributed by atoms with Gasteiger partial charge >= 0.3 is 0 Å².